The second kappa shape index (κ2) is 54.8. The number of unbranched alkanes of at least 4 members (excludes halogenated alkanes) is 24. The van der Waals surface area contributed by atoms with Gasteiger partial charge in [0.1, 0.15) is 0 Å². The number of carbonyl (C=O) groups is 3. The molecule has 0 aromatic heterocycles. The van der Waals surface area contributed by atoms with Crippen LogP contribution < -0.4 is 104 Å². The Morgan fingerprint density at radius 3 is 0.556 bits per heavy atom. The van der Waals surface area contributed by atoms with E-state index in [1.54, 1.807) is 0 Å². The van der Waals surface area contributed by atoms with Crippen molar-refractivity contribution in [2.75, 3.05) is 0 Å². The summed E-state index contributed by atoms with van der Waals surface area (Å²) in [6.07, 6.45) is 33.5. The largest absolute Gasteiger partial charge is 1.00 e. The Morgan fingerprint density at radius 2 is 0.422 bits per heavy atom. The molecular formula is C36H69Na3O6. The molecule has 0 aromatic rings. The molecule has 0 N–H and O–H groups in total. The molecule has 0 aliphatic rings. The maximum absolute atomic E-state index is 10.1. The van der Waals surface area contributed by atoms with Crippen LogP contribution in [-0.4, -0.2) is 17.9 Å². The minimum absolute atomic E-state index is 0. The van der Waals surface area contributed by atoms with Gasteiger partial charge in [0.25, 0.3) is 0 Å². The van der Waals surface area contributed by atoms with E-state index in [2.05, 4.69) is 20.8 Å². The Labute approximate surface area is 346 Å². The van der Waals surface area contributed by atoms with E-state index >= 15 is 0 Å². The molecule has 6 nitrogen and oxygen atoms in total. The van der Waals surface area contributed by atoms with E-state index in [0.717, 1.165) is 38.5 Å². The first-order valence-corrected chi connectivity index (χ1v) is 17.9. The molecule has 0 aromatic carbocycles. The summed E-state index contributed by atoms with van der Waals surface area (Å²) in [7, 11) is 0. The smallest absolute Gasteiger partial charge is 0.550 e. The van der Waals surface area contributed by atoms with Crippen LogP contribution >= 0.6 is 0 Å². The quantitative estimate of drug-likeness (QED) is 0.0716. The minimum Gasteiger partial charge on any atom is -0.550 e. The van der Waals surface area contributed by atoms with Crippen LogP contribution in [0.4, 0.5) is 0 Å². The molecule has 0 saturated heterocycles. The molecule has 0 bridgehead atoms. The zero-order chi connectivity index (χ0) is 31.9. The summed E-state index contributed by atoms with van der Waals surface area (Å²) in [6.45, 7) is 6.66. The Balaban J connectivity index is -0.000000124. The molecule has 0 aliphatic heterocycles. The standard InChI is InChI=1S/C14H28O2.C12H24O2.C10H20O2.3Na/c1-2-3-4-5-6-7-8-9-10-11-12-13-14(15)16;1-2-3-4-5-6-7-8-9-10-11-12(13)14;1-2-3-4-5-6-7-8-9-10(11)12;;;/h2-13H2,1H3,(H,15,16);2-11H2,1H3,(H,13,14);2-9H2,1H3,(H,11,12);;;/q;;;3*+1/p-3. The zero-order valence-electron chi connectivity index (χ0n) is 31.2. The number of rotatable bonds is 30. The van der Waals surface area contributed by atoms with Crippen molar-refractivity contribution < 1.29 is 118 Å². The van der Waals surface area contributed by atoms with Crippen LogP contribution in [0.15, 0.2) is 0 Å². The molecule has 9 heteroatoms. The summed E-state index contributed by atoms with van der Waals surface area (Å²) in [5.74, 6) is -2.73. The van der Waals surface area contributed by atoms with Gasteiger partial charge in [-0.1, -0.05) is 175 Å². The maximum atomic E-state index is 10.1. The van der Waals surface area contributed by atoms with Crippen LogP contribution in [0.2, 0.25) is 0 Å². The van der Waals surface area contributed by atoms with Crippen molar-refractivity contribution in [3.05, 3.63) is 0 Å². The van der Waals surface area contributed by atoms with E-state index in [9.17, 15) is 29.7 Å². The van der Waals surface area contributed by atoms with E-state index in [1.165, 1.54) is 135 Å². The SMILES string of the molecule is CCCCCCCCCC(=O)[O-].CCCCCCCCCCCC(=O)[O-].CCCCCCCCCCCCCC(=O)[O-].[Na+].[Na+].[Na+]. The predicted octanol–water partition coefficient (Wildman–Crippen LogP) is -1.02. The van der Waals surface area contributed by atoms with Crippen molar-refractivity contribution in [3.63, 3.8) is 0 Å². The molecule has 0 saturated carbocycles. The topological polar surface area (TPSA) is 120 Å². The van der Waals surface area contributed by atoms with Gasteiger partial charge >= 0.3 is 88.7 Å². The van der Waals surface area contributed by atoms with Gasteiger partial charge in [0, 0.05) is 17.9 Å². The summed E-state index contributed by atoms with van der Waals surface area (Å²) < 4.78 is 0. The van der Waals surface area contributed by atoms with Crippen LogP contribution in [0, 0.1) is 0 Å². The van der Waals surface area contributed by atoms with E-state index in [0.29, 0.717) is 0 Å². The number of carboxylic acid groups (broad SMARTS) is 3. The fraction of sp³-hybridized carbons (Fsp3) is 0.917. The molecule has 0 amide bonds. The van der Waals surface area contributed by atoms with Gasteiger partial charge < -0.3 is 29.7 Å². The van der Waals surface area contributed by atoms with E-state index in [1.807, 2.05) is 0 Å². The molecule has 0 unspecified atom stereocenters. The van der Waals surface area contributed by atoms with Crippen LogP contribution in [0.25, 0.3) is 0 Å². The van der Waals surface area contributed by atoms with Crippen molar-refractivity contribution in [1.29, 1.82) is 0 Å². The Bertz CT molecular complexity index is 565. The van der Waals surface area contributed by atoms with Crippen LogP contribution in [0.1, 0.15) is 213 Å². The average molecular weight is 667 g/mol. The van der Waals surface area contributed by atoms with Gasteiger partial charge in [-0.05, 0) is 38.5 Å². The molecule has 0 fully saturated rings. The summed E-state index contributed by atoms with van der Waals surface area (Å²) in [5, 5.41) is 30.3. The van der Waals surface area contributed by atoms with Gasteiger partial charge in [-0.15, -0.1) is 0 Å². The van der Waals surface area contributed by atoms with Crippen LogP contribution in [0.5, 0.6) is 0 Å². The molecule has 0 rings (SSSR count). The Morgan fingerprint density at radius 1 is 0.289 bits per heavy atom. The molecular weight excluding hydrogens is 597 g/mol. The third kappa shape index (κ3) is 72.3. The number of hydrogen-bond acceptors (Lipinski definition) is 6. The molecule has 0 spiro atoms. The van der Waals surface area contributed by atoms with Crippen molar-refractivity contribution in [2.45, 2.75) is 213 Å². The molecule has 0 heterocycles. The predicted molar refractivity (Wildman–Crippen MR) is 171 cm³/mol. The average Bonchev–Trinajstić information content (AvgIpc) is 2.95. The number of aliphatic carboxylic acids is 3. The normalized spacial score (nSPS) is 9.67. The fourth-order valence-electron chi connectivity index (χ4n) is 4.74. The summed E-state index contributed by atoms with van der Waals surface area (Å²) in [6, 6.07) is 0. The summed E-state index contributed by atoms with van der Waals surface area (Å²) in [4.78, 5) is 30.3. The zero-order valence-corrected chi connectivity index (χ0v) is 37.2. The second-order valence-electron chi connectivity index (χ2n) is 11.9. The number of hydrogen-bond donors (Lipinski definition) is 0. The number of carbonyl (C=O) groups excluding carboxylic acids is 3. The number of carboxylic acids is 3. The minimum atomic E-state index is -0.913. The monoisotopic (exact) mass is 666 g/mol. The summed E-state index contributed by atoms with van der Waals surface area (Å²) in [5.41, 5.74) is 0. The molecule has 0 radical (unpaired) electrons. The van der Waals surface area contributed by atoms with Crippen molar-refractivity contribution in [3.8, 4) is 0 Å². The van der Waals surface area contributed by atoms with Gasteiger partial charge in [0.05, 0.1) is 0 Å². The Kier molecular flexibility index (Phi) is 71.4. The first-order chi connectivity index (χ1) is 20.3. The van der Waals surface area contributed by atoms with Crippen LogP contribution in [-0.2, 0) is 14.4 Å². The summed E-state index contributed by atoms with van der Waals surface area (Å²) >= 11 is 0. The fourth-order valence-corrected chi connectivity index (χ4v) is 4.74. The first-order valence-electron chi connectivity index (χ1n) is 17.9. The third-order valence-electron chi connectivity index (χ3n) is 7.45. The Hall–Kier alpha value is 1.41. The first kappa shape index (κ1) is 58.6. The molecule has 45 heavy (non-hydrogen) atoms. The van der Waals surface area contributed by atoms with Gasteiger partial charge in [0.15, 0.2) is 0 Å². The third-order valence-corrected chi connectivity index (χ3v) is 7.45. The molecule has 252 valence electrons. The molecule has 0 atom stereocenters. The van der Waals surface area contributed by atoms with Crippen molar-refractivity contribution in [1.82, 2.24) is 0 Å². The van der Waals surface area contributed by atoms with Crippen molar-refractivity contribution in [2.24, 2.45) is 0 Å². The molecule has 0 aliphatic carbocycles. The van der Waals surface area contributed by atoms with Gasteiger partial charge in [-0.25, -0.2) is 0 Å². The maximum Gasteiger partial charge on any atom is 1.00 e. The van der Waals surface area contributed by atoms with E-state index in [4.69, 9.17) is 0 Å². The van der Waals surface area contributed by atoms with Gasteiger partial charge in [0.2, 0.25) is 0 Å². The van der Waals surface area contributed by atoms with Gasteiger partial charge in [-0.3, -0.25) is 0 Å². The van der Waals surface area contributed by atoms with Crippen LogP contribution in [0.3, 0.4) is 0 Å². The van der Waals surface area contributed by atoms with Gasteiger partial charge in [-0.2, -0.15) is 0 Å². The van der Waals surface area contributed by atoms with E-state index in [-0.39, 0.29) is 108 Å². The second-order valence-corrected chi connectivity index (χ2v) is 11.9. The van der Waals surface area contributed by atoms with Crippen molar-refractivity contribution >= 4 is 17.9 Å². The van der Waals surface area contributed by atoms with E-state index < -0.39 is 17.9 Å².